The van der Waals surface area contributed by atoms with Gasteiger partial charge in [-0.25, -0.2) is 9.59 Å². The molecule has 8 heteroatoms. The fraction of sp³-hybridized carbons (Fsp3) is 0.333. The van der Waals surface area contributed by atoms with Crippen molar-refractivity contribution >= 4 is 17.7 Å². The van der Waals surface area contributed by atoms with Crippen molar-refractivity contribution in [3.63, 3.8) is 0 Å². The van der Waals surface area contributed by atoms with E-state index >= 15 is 0 Å². The molecule has 2 aromatic carbocycles. The van der Waals surface area contributed by atoms with Crippen LogP contribution < -0.4 is 24.8 Å². The molecule has 32 heavy (non-hydrogen) atoms. The summed E-state index contributed by atoms with van der Waals surface area (Å²) in [6.07, 6.45) is 0.785. The normalized spacial score (nSPS) is 15.5. The van der Waals surface area contributed by atoms with E-state index in [9.17, 15) is 9.59 Å². The number of hydrogen-bond acceptors (Lipinski definition) is 6. The third kappa shape index (κ3) is 4.80. The van der Waals surface area contributed by atoms with E-state index in [-0.39, 0.29) is 12.2 Å². The Labute approximate surface area is 187 Å². The molecule has 0 fully saturated rings. The summed E-state index contributed by atoms with van der Waals surface area (Å²) in [4.78, 5) is 25.8. The number of benzene rings is 2. The van der Waals surface area contributed by atoms with Crippen molar-refractivity contribution in [2.45, 2.75) is 26.3 Å². The van der Waals surface area contributed by atoms with Crippen LogP contribution in [0.4, 0.5) is 4.79 Å². The maximum absolute atomic E-state index is 13.1. The monoisotopic (exact) mass is 440 g/mol. The highest BCUT2D eigenvalue weighted by atomic mass is 16.5. The molecule has 2 N–H and O–H groups in total. The maximum atomic E-state index is 13.1. The van der Waals surface area contributed by atoms with Crippen molar-refractivity contribution in [1.29, 1.82) is 0 Å². The topological polar surface area (TPSA) is 95.1 Å². The molecule has 0 bridgehead atoms. The maximum Gasteiger partial charge on any atom is 0.338 e. The highest BCUT2D eigenvalue weighted by Crippen LogP contribution is 2.40. The number of ether oxygens (including phenoxy) is 4. The number of amides is 2. The third-order valence-corrected chi connectivity index (χ3v) is 4.94. The molecule has 1 atom stereocenters. The van der Waals surface area contributed by atoms with Gasteiger partial charge < -0.3 is 29.6 Å². The molecule has 0 saturated carbocycles. The molecular formula is C24H28N2O6. The van der Waals surface area contributed by atoms with E-state index in [0.29, 0.717) is 40.7 Å². The van der Waals surface area contributed by atoms with Gasteiger partial charge in [-0.05, 0) is 49.2 Å². The van der Waals surface area contributed by atoms with Crippen LogP contribution in [0.2, 0.25) is 0 Å². The number of nitrogens with one attached hydrogen (secondary N) is 2. The van der Waals surface area contributed by atoms with E-state index < -0.39 is 18.0 Å². The standard InChI is InChI=1S/C24H28N2O6/c1-5-14-32-22-17(8-7-9-18(22)30-4)21-19(23(27)31-6-2)20(25-24(28)26-21)15-10-12-16(29-3)13-11-15/h7-13,21H,5-6,14H2,1-4H3,(H2,25,26,28). The lowest BCUT2D eigenvalue weighted by Gasteiger charge is -2.31. The Kier molecular flexibility index (Phi) is 7.59. The van der Waals surface area contributed by atoms with Crippen LogP contribution in [-0.4, -0.2) is 39.4 Å². The summed E-state index contributed by atoms with van der Waals surface area (Å²) < 4.78 is 22.0. The van der Waals surface area contributed by atoms with Crippen LogP contribution in [0.5, 0.6) is 17.2 Å². The number of methoxy groups -OCH3 is 2. The van der Waals surface area contributed by atoms with Crippen molar-refractivity contribution in [2.75, 3.05) is 27.4 Å². The highest BCUT2D eigenvalue weighted by Gasteiger charge is 2.36. The third-order valence-electron chi connectivity index (χ3n) is 4.94. The first-order chi connectivity index (χ1) is 15.5. The molecule has 1 aliphatic heterocycles. The zero-order valence-corrected chi connectivity index (χ0v) is 18.7. The Bertz CT molecular complexity index is 1000. The van der Waals surface area contributed by atoms with Gasteiger partial charge in [-0.1, -0.05) is 19.1 Å². The first-order valence-electron chi connectivity index (χ1n) is 10.5. The number of carbonyl (C=O) groups excluding carboxylic acids is 2. The van der Waals surface area contributed by atoms with Gasteiger partial charge in [-0.2, -0.15) is 0 Å². The molecule has 0 radical (unpaired) electrons. The summed E-state index contributed by atoms with van der Waals surface area (Å²) in [6, 6.07) is 11.2. The Hall–Kier alpha value is -3.68. The summed E-state index contributed by atoms with van der Waals surface area (Å²) in [6.45, 7) is 4.37. The SMILES string of the molecule is CCCOc1c(OC)cccc1C1NC(=O)NC(c2ccc(OC)cc2)=C1C(=O)OCC. The number of para-hydroxylation sites is 1. The second kappa shape index (κ2) is 10.6. The molecule has 170 valence electrons. The van der Waals surface area contributed by atoms with Gasteiger partial charge in [0.15, 0.2) is 11.5 Å². The van der Waals surface area contributed by atoms with Gasteiger partial charge in [-0.15, -0.1) is 0 Å². The fourth-order valence-corrected chi connectivity index (χ4v) is 3.49. The van der Waals surface area contributed by atoms with Crippen LogP contribution in [0.25, 0.3) is 5.70 Å². The number of esters is 1. The molecule has 1 heterocycles. The largest absolute Gasteiger partial charge is 0.497 e. The number of hydrogen-bond donors (Lipinski definition) is 2. The number of carbonyl (C=O) groups is 2. The van der Waals surface area contributed by atoms with Crippen LogP contribution in [0.1, 0.15) is 37.4 Å². The van der Waals surface area contributed by atoms with Gasteiger partial charge in [0.2, 0.25) is 0 Å². The smallest absolute Gasteiger partial charge is 0.338 e. The number of urea groups is 1. The van der Waals surface area contributed by atoms with E-state index in [4.69, 9.17) is 18.9 Å². The van der Waals surface area contributed by atoms with Crippen LogP contribution in [0.3, 0.4) is 0 Å². The molecule has 0 saturated heterocycles. The van der Waals surface area contributed by atoms with E-state index in [1.807, 2.05) is 6.92 Å². The second-order valence-electron chi connectivity index (χ2n) is 7.00. The molecule has 8 nitrogen and oxygen atoms in total. The zero-order chi connectivity index (χ0) is 23.1. The summed E-state index contributed by atoms with van der Waals surface area (Å²) in [5.74, 6) is 1.10. The molecule has 1 aliphatic rings. The minimum atomic E-state index is -0.804. The molecular weight excluding hydrogens is 412 g/mol. The average molecular weight is 440 g/mol. The minimum Gasteiger partial charge on any atom is -0.497 e. The molecule has 0 aromatic heterocycles. The van der Waals surface area contributed by atoms with Crippen LogP contribution in [0.15, 0.2) is 48.0 Å². The lowest BCUT2D eigenvalue weighted by atomic mass is 9.92. The summed E-state index contributed by atoms with van der Waals surface area (Å²) in [7, 11) is 3.12. The van der Waals surface area contributed by atoms with Crippen molar-refractivity contribution in [3.8, 4) is 17.2 Å². The quantitative estimate of drug-likeness (QED) is 0.576. The molecule has 3 rings (SSSR count). The molecule has 2 amide bonds. The van der Waals surface area contributed by atoms with E-state index in [0.717, 1.165) is 6.42 Å². The average Bonchev–Trinajstić information content (AvgIpc) is 2.82. The second-order valence-corrected chi connectivity index (χ2v) is 7.00. The Morgan fingerprint density at radius 3 is 2.41 bits per heavy atom. The number of rotatable bonds is 9. The first kappa shape index (κ1) is 23.0. The van der Waals surface area contributed by atoms with Crippen molar-refractivity contribution < 1.29 is 28.5 Å². The van der Waals surface area contributed by atoms with Gasteiger partial charge in [0.25, 0.3) is 0 Å². The molecule has 0 spiro atoms. The van der Waals surface area contributed by atoms with Crippen molar-refractivity contribution in [1.82, 2.24) is 10.6 Å². The van der Waals surface area contributed by atoms with Gasteiger partial charge >= 0.3 is 12.0 Å². The van der Waals surface area contributed by atoms with Gasteiger partial charge in [0.05, 0.1) is 44.7 Å². The summed E-state index contributed by atoms with van der Waals surface area (Å²) >= 11 is 0. The zero-order valence-electron chi connectivity index (χ0n) is 18.7. The lowest BCUT2D eigenvalue weighted by Crippen LogP contribution is -2.45. The highest BCUT2D eigenvalue weighted by molar-refractivity contribution is 6.04. The van der Waals surface area contributed by atoms with Crippen LogP contribution >= 0.6 is 0 Å². The van der Waals surface area contributed by atoms with Crippen LogP contribution in [0, 0.1) is 0 Å². The summed E-state index contributed by atoms with van der Waals surface area (Å²) in [5, 5.41) is 5.61. The van der Waals surface area contributed by atoms with E-state index in [1.54, 1.807) is 63.6 Å². The lowest BCUT2D eigenvalue weighted by molar-refractivity contribution is -0.138. The van der Waals surface area contributed by atoms with Gasteiger partial charge in [0.1, 0.15) is 5.75 Å². The van der Waals surface area contributed by atoms with Crippen LogP contribution in [-0.2, 0) is 9.53 Å². The van der Waals surface area contributed by atoms with Crippen molar-refractivity contribution in [3.05, 3.63) is 59.2 Å². The van der Waals surface area contributed by atoms with E-state index in [1.165, 1.54) is 0 Å². The Morgan fingerprint density at radius 1 is 1.03 bits per heavy atom. The summed E-state index contributed by atoms with van der Waals surface area (Å²) in [5.41, 5.74) is 1.88. The van der Waals surface area contributed by atoms with Gasteiger partial charge in [0, 0.05) is 5.56 Å². The van der Waals surface area contributed by atoms with Gasteiger partial charge in [-0.3, -0.25) is 0 Å². The predicted octanol–water partition coefficient (Wildman–Crippen LogP) is 3.82. The minimum absolute atomic E-state index is 0.191. The molecule has 2 aromatic rings. The Morgan fingerprint density at radius 2 is 1.78 bits per heavy atom. The van der Waals surface area contributed by atoms with Crippen molar-refractivity contribution in [2.24, 2.45) is 0 Å². The fourth-order valence-electron chi connectivity index (χ4n) is 3.49. The Balaban J connectivity index is 2.21. The van der Waals surface area contributed by atoms with E-state index in [2.05, 4.69) is 10.6 Å². The molecule has 1 unspecified atom stereocenters. The predicted molar refractivity (Wildman–Crippen MR) is 120 cm³/mol. The first-order valence-corrected chi connectivity index (χ1v) is 10.5. The molecule has 0 aliphatic carbocycles.